The van der Waals surface area contributed by atoms with Gasteiger partial charge in [-0.05, 0) is 38.6 Å². The zero-order valence-electron chi connectivity index (χ0n) is 12.4. The van der Waals surface area contributed by atoms with Crippen molar-refractivity contribution >= 4 is 23.0 Å². The minimum atomic E-state index is -0.438. The van der Waals surface area contributed by atoms with E-state index in [0.717, 1.165) is 13.0 Å². The minimum Gasteiger partial charge on any atom is -0.375 e. The van der Waals surface area contributed by atoms with Crippen LogP contribution in [0.1, 0.15) is 20.3 Å². The molecule has 1 unspecified atom stereocenters. The molecule has 0 saturated carbocycles. The highest BCUT2D eigenvalue weighted by Crippen LogP contribution is 2.33. The van der Waals surface area contributed by atoms with E-state index in [4.69, 9.17) is 11.6 Å². The molecular formula is C14H22ClN3O2. The van der Waals surface area contributed by atoms with Gasteiger partial charge in [-0.1, -0.05) is 31.5 Å². The molecule has 0 aromatic heterocycles. The van der Waals surface area contributed by atoms with Crippen molar-refractivity contribution in [2.45, 2.75) is 26.3 Å². The third kappa shape index (κ3) is 4.98. The Kier molecular flexibility index (Phi) is 6.23. The van der Waals surface area contributed by atoms with Gasteiger partial charge in [0.05, 0.1) is 4.92 Å². The number of rotatable bonds is 7. The quantitative estimate of drug-likeness (QED) is 0.617. The normalized spacial score (nSPS) is 12.8. The smallest absolute Gasteiger partial charge is 0.310 e. The maximum Gasteiger partial charge on any atom is 0.310 e. The summed E-state index contributed by atoms with van der Waals surface area (Å²) < 4.78 is 0. The predicted molar refractivity (Wildman–Crippen MR) is 83.5 cm³/mol. The molecule has 1 N–H and O–H groups in total. The SMILES string of the molecule is CC(C)CC(CN(C)C)Nc1cccc(Cl)c1[N+](=O)[O-]. The number of nitro benzene ring substituents is 1. The molecule has 1 aromatic rings. The van der Waals surface area contributed by atoms with Crippen molar-refractivity contribution in [3.8, 4) is 0 Å². The summed E-state index contributed by atoms with van der Waals surface area (Å²) >= 11 is 5.93. The number of hydrogen-bond donors (Lipinski definition) is 1. The largest absolute Gasteiger partial charge is 0.375 e. The summed E-state index contributed by atoms with van der Waals surface area (Å²) in [7, 11) is 3.97. The molecule has 1 aromatic carbocycles. The summed E-state index contributed by atoms with van der Waals surface area (Å²) in [6.45, 7) is 5.08. The molecule has 0 aliphatic heterocycles. The van der Waals surface area contributed by atoms with Crippen LogP contribution in [0.25, 0.3) is 0 Å². The maximum absolute atomic E-state index is 11.1. The van der Waals surface area contributed by atoms with Crippen LogP contribution in [0.5, 0.6) is 0 Å². The lowest BCUT2D eigenvalue weighted by Gasteiger charge is -2.24. The lowest BCUT2D eigenvalue weighted by Crippen LogP contribution is -2.33. The zero-order valence-corrected chi connectivity index (χ0v) is 13.1. The van der Waals surface area contributed by atoms with Crippen molar-refractivity contribution in [3.63, 3.8) is 0 Å². The Hall–Kier alpha value is -1.33. The molecule has 0 heterocycles. The number of para-hydroxylation sites is 1. The van der Waals surface area contributed by atoms with Gasteiger partial charge in [0.1, 0.15) is 10.7 Å². The molecule has 112 valence electrons. The van der Waals surface area contributed by atoms with Gasteiger partial charge >= 0.3 is 5.69 Å². The van der Waals surface area contributed by atoms with E-state index < -0.39 is 4.92 Å². The third-order valence-electron chi connectivity index (χ3n) is 2.87. The number of nitro groups is 1. The van der Waals surface area contributed by atoms with E-state index in [-0.39, 0.29) is 16.8 Å². The third-order valence-corrected chi connectivity index (χ3v) is 3.18. The monoisotopic (exact) mass is 299 g/mol. The van der Waals surface area contributed by atoms with Crippen molar-refractivity contribution in [2.75, 3.05) is 26.0 Å². The summed E-state index contributed by atoms with van der Waals surface area (Å²) in [5, 5.41) is 14.6. The Morgan fingerprint density at radius 2 is 2.05 bits per heavy atom. The van der Waals surface area contributed by atoms with Crippen molar-refractivity contribution in [3.05, 3.63) is 33.3 Å². The molecule has 0 saturated heterocycles. The highest BCUT2D eigenvalue weighted by atomic mass is 35.5. The first-order valence-electron chi connectivity index (χ1n) is 6.65. The number of hydrogen-bond acceptors (Lipinski definition) is 4. The molecule has 0 aliphatic carbocycles. The number of nitrogens with one attached hydrogen (secondary N) is 1. The fraction of sp³-hybridized carbons (Fsp3) is 0.571. The molecule has 5 nitrogen and oxygen atoms in total. The molecule has 0 radical (unpaired) electrons. The molecule has 1 rings (SSSR count). The predicted octanol–water partition coefficient (Wildman–Crippen LogP) is 3.64. The summed E-state index contributed by atoms with van der Waals surface area (Å²) in [5.41, 5.74) is 0.427. The van der Waals surface area contributed by atoms with Gasteiger partial charge in [0.2, 0.25) is 0 Å². The van der Waals surface area contributed by atoms with Gasteiger partial charge in [-0.15, -0.1) is 0 Å². The summed E-state index contributed by atoms with van der Waals surface area (Å²) in [6, 6.07) is 5.10. The number of halogens is 1. The molecule has 1 atom stereocenters. The standard InChI is InChI=1S/C14H22ClN3O2/c1-10(2)8-11(9-17(3)4)16-13-7-5-6-12(15)14(13)18(19)20/h5-7,10-11,16H,8-9H2,1-4H3. The van der Waals surface area contributed by atoms with E-state index >= 15 is 0 Å². The van der Waals surface area contributed by atoms with E-state index in [1.54, 1.807) is 12.1 Å². The lowest BCUT2D eigenvalue weighted by atomic mass is 10.0. The Morgan fingerprint density at radius 3 is 2.55 bits per heavy atom. The topological polar surface area (TPSA) is 58.4 Å². The summed E-state index contributed by atoms with van der Waals surface area (Å²) in [6.07, 6.45) is 0.932. The molecule has 0 spiro atoms. The van der Waals surface area contributed by atoms with E-state index in [0.29, 0.717) is 11.6 Å². The van der Waals surface area contributed by atoms with E-state index in [2.05, 4.69) is 24.1 Å². The van der Waals surface area contributed by atoms with Crippen LogP contribution in [0, 0.1) is 16.0 Å². The van der Waals surface area contributed by atoms with Gasteiger partial charge in [0.15, 0.2) is 0 Å². The van der Waals surface area contributed by atoms with Crippen molar-refractivity contribution in [2.24, 2.45) is 5.92 Å². The van der Waals surface area contributed by atoms with Crippen LogP contribution in [-0.2, 0) is 0 Å². The van der Waals surface area contributed by atoms with E-state index in [9.17, 15) is 10.1 Å². The molecule has 20 heavy (non-hydrogen) atoms. The van der Waals surface area contributed by atoms with Crippen LogP contribution in [0.2, 0.25) is 5.02 Å². The van der Waals surface area contributed by atoms with Crippen molar-refractivity contribution in [1.82, 2.24) is 4.90 Å². The Morgan fingerprint density at radius 1 is 1.40 bits per heavy atom. The lowest BCUT2D eigenvalue weighted by molar-refractivity contribution is -0.383. The molecule has 0 aliphatic rings. The maximum atomic E-state index is 11.1. The van der Waals surface area contributed by atoms with Gasteiger partial charge in [-0.25, -0.2) is 0 Å². The van der Waals surface area contributed by atoms with Gasteiger partial charge in [0.25, 0.3) is 0 Å². The Labute approximate surface area is 125 Å². The van der Waals surface area contributed by atoms with Gasteiger partial charge in [-0.3, -0.25) is 10.1 Å². The fourth-order valence-corrected chi connectivity index (χ4v) is 2.47. The first-order chi connectivity index (χ1) is 9.31. The van der Waals surface area contributed by atoms with Crippen LogP contribution >= 0.6 is 11.6 Å². The minimum absolute atomic E-state index is 0.0540. The average Bonchev–Trinajstić information content (AvgIpc) is 2.26. The van der Waals surface area contributed by atoms with Gasteiger partial charge in [-0.2, -0.15) is 0 Å². The number of anilines is 1. The molecule has 0 fully saturated rings. The van der Waals surface area contributed by atoms with Crippen molar-refractivity contribution in [1.29, 1.82) is 0 Å². The summed E-state index contributed by atoms with van der Waals surface area (Å²) in [4.78, 5) is 12.8. The molecule has 6 heteroatoms. The number of likely N-dealkylation sites (N-methyl/N-ethyl adjacent to an activating group) is 1. The Bertz CT molecular complexity index is 454. The molecule has 0 amide bonds. The van der Waals surface area contributed by atoms with E-state index in [1.165, 1.54) is 6.07 Å². The fourth-order valence-electron chi connectivity index (χ4n) is 2.23. The highest BCUT2D eigenvalue weighted by molar-refractivity contribution is 6.33. The zero-order chi connectivity index (χ0) is 15.3. The van der Waals surface area contributed by atoms with Gasteiger partial charge in [0, 0.05) is 12.6 Å². The average molecular weight is 300 g/mol. The highest BCUT2D eigenvalue weighted by Gasteiger charge is 2.21. The van der Waals surface area contributed by atoms with Crippen LogP contribution in [0.4, 0.5) is 11.4 Å². The molecule has 0 bridgehead atoms. The second-order valence-corrected chi connectivity index (χ2v) is 6.03. The molecular weight excluding hydrogens is 278 g/mol. The van der Waals surface area contributed by atoms with Crippen LogP contribution in [0.3, 0.4) is 0 Å². The van der Waals surface area contributed by atoms with Crippen LogP contribution in [0.15, 0.2) is 18.2 Å². The van der Waals surface area contributed by atoms with E-state index in [1.807, 2.05) is 14.1 Å². The number of nitrogens with zero attached hydrogens (tertiary/aromatic N) is 2. The second-order valence-electron chi connectivity index (χ2n) is 5.63. The first-order valence-corrected chi connectivity index (χ1v) is 7.03. The summed E-state index contributed by atoms with van der Waals surface area (Å²) in [5.74, 6) is 0.505. The second kappa shape index (κ2) is 7.45. The van der Waals surface area contributed by atoms with Crippen molar-refractivity contribution < 1.29 is 4.92 Å². The Balaban J connectivity index is 2.98. The van der Waals surface area contributed by atoms with Crippen LogP contribution in [-0.4, -0.2) is 36.5 Å². The van der Waals surface area contributed by atoms with Crippen LogP contribution < -0.4 is 5.32 Å². The number of benzene rings is 1. The first kappa shape index (κ1) is 16.7. The van der Waals surface area contributed by atoms with Gasteiger partial charge < -0.3 is 10.2 Å².